The predicted octanol–water partition coefficient (Wildman–Crippen LogP) is 1.91. The van der Waals surface area contributed by atoms with E-state index < -0.39 is 0 Å². The Balaban J connectivity index is 2.43. The van der Waals surface area contributed by atoms with E-state index in [1.807, 2.05) is 12.1 Å². The summed E-state index contributed by atoms with van der Waals surface area (Å²) in [6.45, 7) is 0.968. The normalized spacial score (nSPS) is 15.4. The number of hydrogen-bond donors (Lipinski definition) is 1. The molecule has 0 radical (unpaired) electrons. The molecule has 3 heteroatoms. The molecule has 14 heavy (non-hydrogen) atoms. The third-order valence-corrected chi connectivity index (χ3v) is 2.83. The van der Waals surface area contributed by atoms with Crippen LogP contribution in [0.25, 0.3) is 0 Å². The van der Waals surface area contributed by atoms with E-state index in [4.69, 9.17) is 17.0 Å². The molecule has 1 N–H and O–H groups in total. The number of aryl methyl sites for hydroxylation is 1. The van der Waals surface area contributed by atoms with E-state index in [1.165, 1.54) is 5.56 Å². The molecule has 2 nitrogen and oxygen atoms in total. The van der Waals surface area contributed by atoms with E-state index >= 15 is 0 Å². The Hall–Kier alpha value is -1.09. The number of hydrogen-bond acceptors (Lipinski definition) is 2. The average Bonchev–Trinajstić information content (AvgIpc) is 2.40. The van der Waals surface area contributed by atoms with Gasteiger partial charge in [0.15, 0.2) is 0 Å². The zero-order valence-corrected chi connectivity index (χ0v) is 8.99. The summed E-state index contributed by atoms with van der Waals surface area (Å²) in [6.07, 6.45) is 2.19. The summed E-state index contributed by atoms with van der Waals surface area (Å²) in [4.78, 5) is 0.861. The number of methoxy groups -OCH3 is 1. The molecule has 1 aliphatic heterocycles. The van der Waals surface area contributed by atoms with Crippen molar-refractivity contribution in [3.8, 4) is 5.75 Å². The number of ether oxygens (including phenoxy) is 1. The number of thiocarbonyl (C=S) groups is 1. The molecule has 0 spiro atoms. The van der Waals surface area contributed by atoms with Crippen LogP contribution in [0.3, 0.4) is 0 Å². The second kappa shape index (κ2) is 3.96. The summed E-state index contributed by atoms with van der Waals surface area (Å²) >= 11 is 5.27. The molecule has 1 heterocycles. The molecule has 1 aromatic carbocycles. The minimum absolute atomic E-state index is 0.861. The zero-order valence-electron chi connectivity index (χ0n) is 8.17. The van der Waals surface area contributed by atoms with Crippen molar-refractivity contribution in [3.63, 3.8) is 0 Å². The molecule has 0 amide bonds. The molecule has 0 bridgehead atoms. The highest BCUT2D eigenvalue weighted by atomic mass is 32.1. The van der Waals surface area contributed by atoms with Crippen LogP contribution in [0.15, 0.2) is 18.2 Å². The lowest BCUT2D eigenvalue weighted by molar-refractivity contribution is 0.414. The fraction of sp³-hybridized carbons (Fsp3) is 0.364. The lowest BCUT2D eigenvalue weighted by Gasteiger charge is -2.08. The summed E-state index contributed by atoms with van der Waals surface area (Å²) < 4.78 is 5.19. The minimum atomic E-state index is 0.861. The average molecular weight is 207 g/mol. The van der Waals surface area contributed by atoms with E-state index in [1.54, 1.807) is 7.11 Å². The molecule has 74 valence electrons. The van der Waals surface area contributed by atoms with E-state index in [2.05, 4.69) is 11.4 Å². The first-order valence-electron chi connectivity index (χ1n) is 4.76. The van der Waals surface area contributed by atoms with Gasteiger partial charge in [-0.15, -0.1) is 0 Å². The molecule has 0 saturated heterocycles. The van der Waals surface area contributed by atoms with Gasteiger partial charge in [-0.05, 0) is 36.6 Å². The van der Waals surface area contributed by atoms with Crippen LogP contribution in [0, 0.1) is 0 Å². The van der Waals surface area contributed by atoms with Crippen molar-refractivity contribution >= 4 is 17.2 Å². The van der Waals surface area contributed by atoms with Crippen LogP contribution in [0.4, 0.5) is 0 Å². The second-order valence-electron chi connectivity index (χ2n) is 3.38. The third kappa shape index (κ3) is 1.73. The molecule has 1 aromatic rings. The van der Waals surface area contributed by atoms with Gasteiger partial charge in [0, 0.05) is 12.1 Å². The second-order valence-corrected chi connectivity index (χ2v) is 3.79. The van der Waals surface area contributed by atoms with E-state index in [-0.39, 0.29) is 0 Å². The van der Waals surface area contributed by atoms with E-state index in [0.29, 0.717) is 0 Å². The first-order chi connectivity index (χ1) is 6.81. The van der Waals surface area contributed by atoms with Crippen molar-refractivity contribution in [3.05, 3.63) is 29.3 Å². The fourth-order valence-electron chi connectivity index (χ4n) is 1.70. The Morgan fingerprint density at radius 3 is 3.07 bits per heavy atom. The largest absolute Gasteiger partial charge is 0.497 e. The summed E-state index contributed by atoms with van der Waals surface area (Å²) in [5.74, 6) is 0.911. The zero-order chi connectivity index (χ0) is 9.97. The van der Waals surface area contributed by atoms with Crippen molar-refractivity contribution in [2.75, 3.05) is 13.7 Å². The van der Waals surface area contributed by atoms with Crippen LogP contribution >= 0.6 is 12.2 Å². The molecule has 0 fully saturated rings. The monoisotopic (exact) mass is 207 g/mol. The lowest BCUT2D eigenvalue weighted by Crippen LogP contribution is -2.21. The van der Waals surface area contributed by atoms with Crippen molar-refractivity contribution in [2.24, 2.45) is 0 Å². The van der Waals surface area contributed by atoms with Crippen molar-refractivity contribution in [1.29, 1.82) is 0 Å². The third-order valence-electron chi connectivity index (χ3n) is 2.47. The van der Waals surface area contributed by atoms with Crippen molar-refractivity contribution in [1.82, 2.24) is 5.32 Å². The maximum Gasteiger partial charge on any atom is 0.119 e. The van der Waals surface area contributed by atoms with E-state index in [9.17, 15) is 0 Å². The number of benzene rings is 1. The van der Waals surface area contributed by atoms with Crippen molar-refractivity contribution < 1.29 is 4.74 Å². The van der Waals surface area contributed by atoms with Crippen LogP contribution in [-0.4, -0.2) is 18.6 Å². The molecule has 1 aliphatic rings. The molecule has 0 aliphatic carbocycles. The topological polar surface area (TPSA) is 21.3 Å². The van der Waals surface area contributed by atoms with Crippen LogP contribution in [0.1, 0.15) is 17.5 Å². The van der Waals surface area contributed by atoms with Gasteiger partial charge in [-0.1, -0.05) is 12.2 Å². The van der Waals surface area contributed by atoms with Crippen LogP contribution in [-0.2, 0) is 6.42 Å². The van der Waals surface area contributed by atoms with Gasteiger partial charge < -0.3 is 10.1 Å². The van der Waals surface area contributed by atoms with Crippen LogP contribution in [0.2, 0.25) is 0 Å². The highest BCUT2D eigenvalue weighted by Gasteiger charge is 2.12. The Morgan fingerprint density at radius 2 is 2.29 bits per heavy atom. The highest BCUT2D eigenvalue weighted by Crippen LogP contribution is 2.20. The summed E-state index contributed by atoms with van der Waals surface area (Å²) in [7, 11) is 1.69. The molecule has 0 saturated carbocycles. The molecule has 0 aromatic heterocycles. The molecular weight excluding hydrogens is 194 g/mol. The van der Waals surface area contributed by atoms with Gasteiger partial charge in [0.1, 0.15) is 10.7 Å². The van der Waals surface area contributed by atoms with Gasteiger partial charge >= 0.3 is 0 Å². The number of rotatable bonds is 1. The minimum Gasteiger partial charge on any atom is -0.497 e. The quantitative estimate of drug-likeness (QED) is 0.711. The summed E-state index contributed by atoms with van der Waals surface area (Å²) in [6, 6.07) is 6.07. The maximum atomic E-state index is 5.27. The van der Waals surface area contributed by atoms with Gasteiger partial charge in [0.2, 0.25) is 0 Å². The van der Waals surface area contributed by atoms with Gasteiger partial charge in [-0.2, -0.15) is 0 Å². The van der Waals surface area contributed by atoms with Gasteiger partial charge in [-0.3, -0.25) is 0 Å². The Labute approximate surface area is 89.3 Å². The Morgan fingerprint density at radius 1 is 1.43 bits per heavy atom. The molecule has 2 rings (SSSR count). The molecular formula is C11H13NOS. The summed E-state index contributed by atoms with van der Waals surface area (Å²) in [5, 5.41) is 3.23. The Kier molecular flexibility index (Phi) is 2.68. The van der Waals surface area contributed by atoms with Gasteiger partial charge in [-0.25, -0.2) is 0 Å². The highest BCUT2D eigenvalue weighted by molar-refractivity contribution is 7.80. The van der Waals surface area contributed by atoms with Gasteiger partial charge in [0.25, 0.3) is 0 Å². The maximum absolute atomic E-state index is 5.27. The van der Waals surface area contributed by atoms with Crippen molar-refractivity contribution in [2.45, 2.75) is 12.8 Å². The number of nitrogens with one attached hydrogen (secondary N) is 1. The standard InChI is InChI=1S/C11H13NOS/c1-13-9-4-5-10-8(7-9)3-2-6-12-11(10)14/h4-5,7H,2-3,6H2,1H3,(H,12,14). The smallest absolute Gasteiger partial charge is 0.119 e. The Bertz CT molecular complexity index is 362. The van der Waals surface area contributed by atoms with Crippen LogP contribution in [0.5, 0.6) is 5.75 Å². The first-order valence-corrected chi connectivity index (χ1v) is 5.17. The summed E-state index contributed by atoms with van der Waals surface area (Å²) in [5.41, 5.74) is 2.44. The molecule has 0 unspecified atom stereocenters. The SMILES string of the molecule is COc1ccc2c(c1)CCCNC2=S. The predicted molar refractivity (Wildman–Crippen MR) is 61.0 cm³/mol. The van der Waals surface area contributed by atoms with Crippen LogP contribution < -0.4 is 10.1 Å². The lowest BCUT2D eigenvalue weighted by atomic mass is 10.0. The van der Waals surface area contributed by atoms with Gasteiger partial charge in [0.05, 0.1) is 7.11 Å². The molecule has 0 atom stereocenters. The number of fused-ring (bicyclic) bond motifs is 1. The van der Waals surface area contributed by atoms with E-state index in [0.717, 1.165) is 35.7 Å². The first kappa shape index (κ1) is 9.46. The fourth-order valence-corrected chi connectivity index (χ4v) is 2.00.